The maximum atomic E-state index is 12.8. The molecule has 0 aliphatic heterocycles. The molecule has 0 bridgehead atoms. The molecule has 0 radical (unpaired) electrons. The maximum Gasteiger partial charge on any atom is 0.221 e. The Hall–Kier alpha value is -2.95. The molecule has 2 rings (SSSR count). The summed E-state index contributed by atoms with van der Waals surface area (Å²) >= 11 is 0. The molecule has 0 spiro atoms. The molecule has 0 unspecified atom stereocenters. The second-order valence-corrected chi connectivity index (χ2v) is 4.66. The number of ketones is 1. The predicted molar refractivity (Wildman–Crippen MR) is 82.2 cm³/mol. The van der Waals surface area contributed by atoms with Crippen LogP contribution >= 0.6 is 0 Å². The molecule has 112 valence electrons. The van der Waals surface area contributed by atoms with Gasteiger partial charge < -0.3 is 10.4 Å². The van der Waals surface area contributed by atoms with Gasteiger partial charge in [0.1, 0.15) is 11.6 Å². The van der Waals surface area contributed by atoms with Crippen LogP contribution < -0.4 is 5.32 Å². The Balaban J connectivity index is 2.15. The molecule has 0 heterocycles. The second-order valence-electron chi connectivity index (χ2n) is 4.66. The van der Waals surface area contributed by atoms with Crippen molar-refractivity contribution >= 4 is 23.5 Å². The molecule has 0 aliphatic carbocycles. The summed E-state index contributed by atoms with van der Waals surface area (Å²) in [7, 11) is 0. The molecule has 0 aromatic heterocycles. The number of phenols is 1. The van der Waals surface area contributed by atoms with Crippen molar-refractivity contribution in [1.29, 1.82) is 0 Å². The van der Waals surface area contributed by atoms with E-state index in [-0.39, 0.29) is 23.0 Å². The standard InChI is InChI=1S/C17H14FNO3/c1-11(20)19-14-7-8-15(17(22)10-14)16(21)9-4-12-2-5-13(18)6-3-12/h2-10,22H,1H3,(H,19,20). The molecular formula is C17H14FNO3. The minimum Gasteiger partial charge on any atom is -0.507 e. The molecule has 0 atom stereocenters. The molecule has 5 heteroatoms. The molecule has 2 N–H and O–H groups in total. The second kappa shape index (κ2) is 6.67. The number of carbonyl (C=O) groups excluding carboxylic acids is 2. The first-order chi connectivity index (χ1) is 10.5. The van der Waals surface area contributed by atoms with E-state index in [9.17, 15) is 19.1 Å². The van der Waals surface area contributed by atoms with Crippen LogP contribution in [0.15, 0.2) is 48.5 Å². The zero-order valence-electron chi connectivity index (χ0n) is 11.8. The lowest BCUT2D eigenvalue weighted by Crippen LogP contribution is -2.06. The number of allylic oxidation sites excluding steroid dienone is 1. The van der Waals surface area contributed by atoms with E-state index in [0.717, 1.165) is 0 Å². The highest BCUT2D eigenvalue weighted by molar-refractivity contribution is 6.09. The highest BCUT2D eigenvalue weighted by Gasteiger charge is 2.09. The topological polar surface area (TPSA) is 66.4 Å². The summed E-state index contributed by atoms with van der Waals surface area (Å²) in [6.45, 7) is 1.35. The summed E-state index contributed by atoms with van der Waals surface area (Å²) in [5.41, 5.74) is 1.20. The van der Waals surface area contributed by atoms with Crippen LogP contribution in [0.4, 0.5) is 10.1 Å². The van der Waals surface area contributed by atoms with Gasteiger partial charge in [0, 0.05) is 18.7 Å². The quantitative estimate of drug-likeness (QED) is 0.672. The third-order valence-electron chi connectivity index (χ3n) is 2.88. The zero-order valence-corrected chi connectivity index (χ0v) is 11.8. The van der Waals surface area contributed by atoms with Crippen molar-refractivity contribution in [1.82, 2.24) is 0 Å². The summed E-state index contributed by atoms with van der Waals surface area (Å²) < 4.78 is 12.8. The SMILES string of the molecule is CC(=O)Nc1ccc(C(=O)C=Cc2ccc(F)cc2)c(O)c1. The number of halogens is 1. The molecule has 0 saturated heterocycles. The van der Waals surface area contributed by atoms with Gasteiger partial charge >= 0.3 is 0 Å². The normalized spacial score (nSPS) is 10.6. The van der Waals surface area contributed by atoms with E-state index >= 15 is 0 Å². The van der Waals surface area contributed by atoms with E-state index in [2.05, 4.69) is 5.32 Å². The van der Waals surface area contributed by atoms with Gasteiger partial charge in [0.25, 0.3) is 0 Å². The molecule has 2 aromatic carbocycles. The van der Waals surface area contributed by atoms with Crippen LogP contribution in [0.5, 0.6) is 5.75 Å². The van der Waals surface area contributed by atoms with E-state index in [0.29, 0.717) is 11.3 Å². The van der Waals surface area contributed by atoms with Crippen LogP contribution in [0.25, 0.3) is 6.08 Å². The number of benzene rings is 2. The molecular weight excluding hydrogens is 285 g/mol. The first-order valence-electron chi connectivity index (χ1n) is 6.54. The Bertz CT molecular complexity index is 736. The Morgan fingerprint density at radius 2 is 1.82 bits per heavy atom. The van der Waals surface area contributed by atoms with Gasteiger partial charge in [-0.25, -0.2) is 4.39 Å². The number of hydrogen-bond donors (Lipinski definition) is 2. The number of rotatable bonds is 4. The van der Waals surface area contributed by atoms with Crippen LogP contribution in [0.2, 0.25) is 0 Å². The van der Waals surface area contributed by atoms with E-state index in [1.54, 1.807) is 12.1 Å². The lowest BCUT2D eigenvalue weighted by Gasteiger charge is -2.05. The number of hydrogen-bond acceptors (Lipinski definition) is 3. The number of anilines is 1. The number of aromatic hydroxyl groups is 1. The van der Waals surface area contributed by atoms with Gasteiger partial charge in [-0.1, -0.05) is 18.2 Å². The minimum atomic E-state index is -0.392. The van der Waals surface area contributed by atoms with E-state index in [4.69, 9.17) is 0 Å². The van der Waals surface area contributed by atoms with Gasteiger partial charge in [-0.2, -0.15) is 0 Å². The number of amides is 1. The monoisotopic (exact) mass is 299 g/mol. The first-order valence-corrected chi connectivity index (χ1v) is 6.54. The third kappa shape index (κ3) is 4.02. The Morgan fingerprint density at radius 1 is 1.14 bits per heavy atom. The summed E-state index contributed by atoms with van der Waals surface area (Å²) in [5.74, 6) is -1.24. The molecule has 1 amide bonds. The van der Waals surface area contributed by atoms with E-state index < -0.39 is 5.78 Å². The minimum absolute atomic E-state index is 0.118. The zero-order chi connectivity index (χ0) is 16.1. The molecule has 22 heavy (non-hydrogen) atoms. The van der Waals surface area contributed by atoms with Gasteiger partial charge in [0.2, 0.25) is 5.91 Å². The first kappa shape index (κ1) is 15.4. The predicted octanol–water partition coefficient (Wildman–Crippen LogP) is 3.39. The lowest BCUT2D eigenvalue weighted by atomic mass is 10.1. The van der Waals surface area contributed by atoms with Gasteiger partial charge in [-0.15, -0.1) is 0 Å². The third-order valence-corrected chi connectivity index (χ3v) is 2.88. The van der Waals surface area contributed by atoms with Gasteiger partial charge in [0.05, 0.1) is 5.56 Å². The van der Waals surface area contributed by atoms with E-state index in [1.807, 2.05) is 0 Å². The van der Waals surface area contributed by atoms with Crippen molar-refractivity contribution in [3.63, 3.8) is 0 Å². The van der Waals surface area contributed by atoms with Crippen molar-refractivity contribution < 1.29 is 19.1 Å². The number of carbonyl (C=O) groups is 2. The highest BCUT2D eigenvalue weighted by Crippen LogP contribution is 2.23. The summed E-state index contributed by atoms with van der Waals surface area (Å²) in [5, 5.41) is 12.4. The van der Waals surface area contributed by atoms with Crippen molar-refractivity contribution in [2.75, 3.05) is 5.32 Å². The number of phenolic OH excluding ortho intramolecular Hbond substituents is 1. The van der Waals surface area contributed by atoms with Crippen LogP contribution in [-0.2, 0) is 4.79 Å². The average Bonchev–Trinajstić information content (AvgIpc) is 2.46. The van der Waals surface area contributed by atoms with Crippen LogP contribution in [-0.4, -0.2) is 16.8 Å². The maximum absolute atomic E-state index is 12.8. The van der Waals surface area contributed by atoms with Crippen LogP contribution in [0.1, 0.15) is 22.8 Å². The Kier molecular flexibility index (Phi) is 4.68. The fourth-order valence-corrected chi connectivity index (χ4v) is 1.86. The van der Waals surface area contributed by atoms with Crippen LogP contribution in [0, 0.1) is 5.82 Å². The van der Waals surface area contributed by atoms with E-state index in [1.165, 1.54) is 49.4 Å². The molecule has 2 aromatic rings. The van der Waals surface area contributed by atoms with Crippen molar-refractivity contribution in [3.05, 3.63) is 65.5 Å². The molecule has 0 aliphatic rings. The lowest BCUT2D eigenvalue weighted by molar-refractivity contribution is -0.114. The molecule has 0 fully saturated rings. The van der Waals surface area contributed by atoms with Crippen molar-refractivity contribution in [2.45, 2.75) is 6.92 Å². The van der Waals surface area contributed by atoms with Gasteiger partial charge in [-0.05, 0) is 35.9 Å². The van der Waals surface area contributed by atoms with Gasteiger partial charge in [-0.3, -0.25) is 9.59 Å². The Labute approximate surface area is 126 Å². The molecule has 0 saturated carbocycles. The van der Waals surface area contributed by atoms with Crippen molar-refractivity contribution in [3.8, 4) is 5.75 Å². The van der Waals surface area contributed by atoms with Crippen LogP contribution in [0.3, 0.4) is 0 Å². The average molecular weight is 299 g/mol. The Morgan fingerprint density at radius 3 is 2.41 bits per heavy atom. The summed E-state index contributed by atoms with van der Waals surface area (Å²) in [6, 6.07) is 9.93. The van der Waals surface area contributed by atoms with Crippen molar-refractivity contribution in [2.24, 2.45) is 0 Å². The summed E-state index contributed by atoms with van der Waals surface area (Å²) in [6.07, 6.45) is 2.82. The largest absolute Gasteiger partial charge is 0.507 e. The van der Waals surface area contributed by atoms with Gasteiger partial charge in [0.15, 0.2) is 5.78 Å². The smallest absolute Gasteiger partial charge is 0.221 e. The summed E-state index contributed by atoms with van der Waals surface area (Å²) in [4.78, 5) is 23.0. The molecule has 4 nitrogen and oxygen atoms in total. The highest BCUT2D eigenvalue weighted by atomic mass is 19.1. The number of nitrogens with one attached hydrogen (secondary N) is 1. The fourth-order valence-electron chi connectivity index (χ4n) is 1.86. The fraction of sp³-hybridized carbons (Fsp3) is 0.0588.